The molecule has 18 heavy (non-hydrogen) atoms. The van der Waals surface area contributed by atoms with E-state index >= 15 is 0 Å². The molecule has 0 aliphatic carbocycles. The van der Waals surface area contributed by atoms with Crippen molar-refractivity contribution in [1.82, 2.24) is 10.0 Å². The maximum absolute atomic E-state index is 12.4. The maximum Gasteiger partial charge on any atom is 0.338 e. The summed E-state index contributed by atoms with van der Waals surface area (Å²) in [5.41, 5.74) is 0.923. The van der Waals surface area contributed by atoms with Crippen LogP contribution >= 0.6 is 0 Å². The Hall–Kier alpha value is -1.55. The van der Waals surface area contributed by atoms with Crippen molar-refractivity contribution in [1.29, 1.82) is 0 Å². The molecule has 4 nitrogen and oxygen atoms in total. The van der Waals surface area contributed by atoms with Crippen LogP contribution in [0.3, 0.4) is 0 Å². The van der Waals surface area contributed by atoms with Gasteiger partial charge in [0.05, 0.1) is 0 Å². The van der Waals surface area contributed by atoms with Gasteiger partial charge in [0.25, 0.3) is 0 Å². The second-order valence-corrected chi connectivity index (χ2v) is 4.72. The van der Waals surface area contributed by atoms with E-state index in [0.717, 1.165) is 18.8 Å². The van der Waals surface area contributed by atoms with Crippen molar-refractivity contribution >= 4 is 11.7 Å². The average Bonchev–Trinajstić information content (AvgIpc) is 2.47. The summed E-state index contributed by atoms with van der Waals surface area (Å²) < 4.78 is 0. The van der Waals surface area contributed by atoms with Gasteiger partial charge in [-0.3, -0.25) is 9.91 Å². The first-order chi connectivity index (χ1) is 8.70. The molecule has 0 radical (unpaired) electrons. The fourth-order valence-electron chi connectivity index (χ4n) is 2.28. The number of hydrazine groups is 1. The summed E-state index contributed by atoms with van der Waals surface area (Å²) >= 11 is 0. The number of carbonyl (C=O) groups excluding carboxylic acids is 1. The number of rotatable bonds is 2. The minimum absolute atomic E-state index is 0.0168. The molecule has 1 fully saturated rings. The van der Waals surface area contributed by atoms with Crippen molar-refractivity contribution in [3.63, 3.8) is 0 Å². The molecule has 1 aromatic carbocycles. The molecule has 0 spiro atoms. The van der Waals surface area contributed by atoms with Crippen molar-refractivity contribution in [2.45, 2.75) is 19.3 Å². The lowest BCUT2D eigenvalue weighted by Crippen LogP contribution is -2.50. The van der Waals surface area contributed by atoms with E-state index in [-0.39, 0.29) is 6.03 Å². The Morgan fingerprint density at radius 2 is 1.67 bits per heavy atom. The zero-order valence-corrected chi connectivity index (χ0v) is 11.2. The SMILES string of the molecule is CN(C(=O)N(C)N1CCCCC1)c1ccccc1. The predicted molar refractivity (Wildman–Crippen MR) is 73.4 cm³/mol. The number of nitrogens with zero attached hydrogens (tertiary/aromatic N) is 3. The van der Waals surface area contributed by atoms with E-state index in [1.165, 1.54) is 19.3 Å². The van der Waals surface area contributed by atoms with Crippen molar-refractivity contribution < 1.29 is 4.79 Å². The monoisotopic (exact) mass is 247 g/mol. The molecule has 2 rings (SSSR count). The Bertz CT molecular complexity index is 387. The van der Waals surface area contributed by atoms with Gasteiger partial charge in [0, 0.05) is 32.9 Å². The number of benzene rings is 1. The van der Waals surface area contributed by atoms with E-state index in [2.05, 4.69) is 5.01 Å². The van der Waals surface area contributed by atoms with E-state index < -0.39 is 0 Å². The van der Waals surface area contributed by atoms with Crippen molar-refractivity contribution in [3.05, 3.63) is 30.3 Å². The summed E-state index contributed by atoms with van der Waals surface area (Å²) in [5, 5.41) is 3.87. The molecule has 0 bridgehead atoms. The van der Waals surface area contributed by atoms with Gasteiger partial charge in [0.1, 0.15) is 0 Å². The Morgan fingerprint density at radius 3 is 2.28 bits per heavy atom. The number of urea groups is 1. The van der Waals surface area contributed by atoms with Crippen molar-refractivity contribution in [3.8, 4) is 0 Å². The molecule has 1 aliphatic heterocycles. The minimum atomic E-state index is 0.0168. The Balaban J connectivity index is 2.01. The molecule has 0 saturated carbocycles. The van der Waals surface area contributed by atoms with Gasteiger partial charge >= 0.3 is 6.03 Å². The third kappa shape index (κ3) is 2.82. The standard InChI is InChI=1S/C14H21N3O/c1-15(13-9-5-3-6-10-13)14(18)16(2)17-11-7-4-8-12-17/h3,5-6,9-10H,4,7-8,11-12H2,1-2H3. The fourth-order valence-corrected chi connectivity index (χ4v) is 2.28. The summed E-state index contributed by atoms with van der Waals surface area (Å²) in [5.74, 6) is 0. The molecule has 0 aromatic heterocycles. The number of hydrogen-bond acceptors (Lipinski definition) is 2. The van der Waals surface area contributed by atoms with Crippen LogP contribution in [-0.2, 0) is 0 Å². The van der Waals surface area contributed by atoms with Crippen LogP contribution in [0.5, 0.6) is 0 Å². The van der Waals surface area contributed by atoms with Crippen LogP contribution in [0.15, 0.2) is 30.3 Å². The number of piperidine rings is 1. The summed E-state index contributed by atoms with van der Waals surface area (Å²) in [6.45, 7) is 1.95. The predicted octanol–water partition coefficient (Wildman–Crippen LogP) is 2.58. The molecular formula is C14H21N3O. The van der Waals surface area contributed by atoms with E-state index in [4.69, 9.17) is 0 Å². The quantitative estimate of drug-likeness (QED) is 0.803. The topological polar surface area (TPSA) is 26.8 Å². The molecule has 1 aromatic rings. The number of amides is 2. The van der Waals surface area contributed by atoms with Gasteiger partial charge in [0.15, 0.2) is 0 Å². The summed E-state index contributed by atoms with van der Waals surface area (Å²) in [4.78, 5) is 14.0. The van der Waals surface area contributed by atoms with Crippen molar-refractivity contribution in [2.24, 2.45) is 0 Å². The zero-order chi connectivity index (χ0) is 13.0. The average molecular weight is 247 g/mol. The molecule has 1 aliphatic rings. The first-order valence-corrected chi connectivity index (χ1v) is 6.51. The highest BCUT2D eigenvalue weighted by Crippen LogP contribution is 2.16. The highest BCUT2D eigenvalue weighted by molar-refractivity contribution is 5.90. The molecule has 98 valence electrons. The summed E-state index contributed by atoms with van der Waals surface area (Å²) in [6.07, 6.45) is 3.62. The molecule has 0 atom stereocenters. The first kappa shape index (κ1) is 12.9. The summed E-state index contributed by atoms with van der Waals surface area (Å²) in [7, 11) is 3.67. The van der Waals surface area contributed by atoms with Crippen LogP contribution < -0.4 is 4.90 Å². The highest BCUT2D eigenvalue weighted by atomic mass is 16.2. The first-order valence-electron chi connectivity index (χ1n) is 6.51. The van der Waals surface area contributed by atoms with Crippen LogP contribution in [0.1, 0.15) is 19.3 Å². The maximum atomic E-state index is 12.4. The van der Waals surface area contributed by atoms with E-state index in [1.54, 1.807) is 9.91 Å². The summed E-state index contributed by atoms with van der Waals surface area (Å²) in [6, 6.07) is 9.75. The normalized spacial score (nSPS) is 16.3. The molecule has 0 N–H and O–H groups in total. The third-order valence-electron chi connectivity index (χ3n) is 3.46. The fraction of sp³-hybridized carbons (Fsp3) is 0.500. The zero-order valence-electron chi connectivity index (χ0n) is 11.2. The second-order valence-electron chi connectivity index (χ2n) is 4.72. The van der Waals surface area contributed by atoms with Crippen LogP contribution in [0, 0.1) is 0 Å². The van der Waals surface area contributed by atoms with Crippen LogP contribution in [0.4, 0.5) is 10.5 Å². The third-order valence-corrected chi connectivity index (χ3v) is 3.46. The van der Waals surface area contributed by atoms with Crippen LogP contribution in [0.25, 0.3) is 0 Å². The lowest BCUT2D eigenvalue weighted by atomic mass is 10.2. The lowest BCUT2D eigenvalue weighted by molar-refractivity contribution is 0.0224. The molecule has 0 unspecified atom stereocenters. The molecule has 4 heteroatoms. The Labute approximate surface area is 109 Å². The number of carbonyl (C=O) groups is 1. The highest BCUT2D eigenvalue weighted by Gasteiger charge is 2.22. The van der Waals surface area contributed by atoms with E-state index in [0.29, 0.717) is 0 Å². The van der Waals surface area contributed by atoms with Gasteiger partial charge in [-0.15, -0.1) is 0 Å². The Morgan fingerprint density at radius 1 is 1.06 bits per heavy atom. The van der Waals surface area contributed by atoms with Gasteiger partial charge in [0.2, 0.25) is 0 Å². The smallest absolute Gasteiger partial charge is 0.296 e. The minimum Gasteiger partial charge on any atom is -0.296 e. The Kier molecular flexibility index (Phi) is 4.20. The van der Waals surface area contributed by atoms with Gasteiger partial charge in [-0.1, -0.05) is 24.6 Å². The van der Waals surface area contributed by atoms with E-state index in [1.807, 2.05) is 44.4 Å². The van der Waals surface area contributed by atoms with Crippen LogP contribution in [0.2, 0.25) is 0 Å². The van der Waals surface area contributed by atoms with Gasteiger partial charge in [-0.25, -0.2) is 9.80 Å². The second kappa shape index (κ2) is 5.87. The van der Waals surface area contributed by atoms with Gasteiger partial charge in [-0.05, 0) is 25.0 Å². The van der Waals surface area contributed by atoms with Crippen LogP contribution in [-0.4, -0.2) is 43.2 Å². The van der Waals surface area contributed by atoms with Crippen molar-refractivity contribution in [2.75, 3.05) is 32.1 Å². The lowest BCUT2D eigenvalue weighted by Gasteiger charge is -2.36. The number of hydrogen-bond donors (Lipinski definition) is 0. The molecule has 1 saturated heterocycles. The number of para-hydroxylation sites is 1. The van der Waals surface area contributed by atoms with Gasteiger partial charge in [-0.2, -0.15) is 0 Å². The number of anilines is 1. The molecular weight excluding hydrogens is 226 g/mol. The molecule has 2 amide bonds. The van der Waals surface area contributed by atoms with Gasteiger partial charge < -0.3 is 0 Å². The largest absolute Gasteiger partial charge is 0.338 e. The van der Waals surface area contributed by atoms with E-state index in [9.17, 15) is 4.79 Å². The molecule has 1 heterocycles.